The molecule has 3 rings (SSSR count). The van der Waals surface area contributed by atoms with Crippen molar-refractivity contribution in [3.63, 3.8) is 0 Å². The summed E-state index contributed by atoms with van der Waals surface area (Å²) in [5, 5.41) is 0. The number of rotatable bonds is 5. The van der Waals surface area contributed by atoms with Crippen LogP contribution in [0, 0.1) is 5.92 Å². The van der Waals surface area contributed by atoms with E-state index in [9.17, 15) is 8.42 Å². The van der Waals surface area contributed by atoms with Crippen molar-refractivity contribution in [3.05, 3.63) is 30.1 Å². The lowest BCUT2D eigenvalue weighted by atomic mass is 9.83. The molecule has 0 radical (unpaired) electrons. The molecule has 2 fully saturated rings. The SMILES string of the molecule is CS(=O)(=O)N1CC2(C1)OCC[C@@H]2COCc1ccncc1. The van der Waals surface area contributed by atoms with Crippen LogP contribution in [0.5, 0.6) is 0 Å². The van der Waals surface area contributed by atoms with E-state index in [0.717, 1.165) is 12.0 Å². The van der Waals surface area contributed by atoms with Gasteiger partial charge in [-0.15, -0.1) is 0 Å². The van der Waals surface area contributed by atoms with Crippen LogP contribution in [-0.4, -0.2) is 55.9 Å². The van der Waals surface area contributed by atoms with Crippen molar-refractivity contribution < 1.29 is 17.9 Å². The maximum Gasteiger partial charge on any atom is 0.211 e. The number of sulfonamides is 1. The third kappa shape index (κ3) is 3.11. The van der Waals surface area contributed by atoms with Gasteiger partial charge in [-0.2, -0.15) is 4.31 Å². The Morgan fingerprint density at radius 1 is 1.43 bits per heavy atom. The zero-order valence-electron chi connectivity index (χ0n) is 12.1. The van der Waals surface area contributed by atoms with Gasteiger partial charge < -0.3 is 9.47 Å². The van der Waals surface area contributed by atoms with E-state index < -0.39 is 10.0 Å². The fourth-order valence-electron chi connectivity index (χ4n) is 2.95. The molecule has 1 atom stereocenters. The van der Waals surface area contributed by atoms with E-state index in [2.05, 4.69) is 4.98 Å². The average molecular weight is 312 g/mol. The molecule has 0 saturated carbocycles. The Balaban J connectivity index is 1.52. The molecule has 0 bridgehead atoms. The van der Waals surface area contributed by atoms with E-state index in [0.29, 0.717) is 32.9 Å². The number of hydrogen-bond donors (Lipinski definition) is 0. The topological polar surface area (TPSA) is 68.7 Å². The Kier molecular flexibility index (Phi) is 4.00. The summed E-state index contributed by atoms with van der Waals surface area (Å²) in [6, 6.07) is 3.85. The molecule has 7 heteroatoms. The normalized spacial score (nSPS) is 25.1. The van der Waals surface area contributed by atoms with Gasteiger partial charge in [-0.05, 0) is 24.1 Å². The van der Waals surface area contributed by atoms with E-state index in [1.165, 1.54) is 10.6 Å². The first kappa shape index (κ1) is 14.9. The maximum atomic E-state index is 11.5. The first-order valence-electron chi connectivity index (χ1n) is 7.05. The molecule has 1 aromatic rings. The van der Waals surface area contributed by atoms with Crippen LogP contribution in [0.4, 0.5) is 0 Å². The summed E-state index contributed by atoms with van der Waals surface area (Å²) >= 11 is 0. The highest BCUT2D eigenvalue weighted by molar-refractivity contribution is 7.88. The van der Waals surface area contributed by atoms with Crippen molar-refractivity contribution >= 4 is 10.0 Å². The number of hydrogen-bond acceptors (Lipinski definition) is 5. The molecule has 3 heterocycles. The van der Waals surface area contributed by atoms with Crippen molar-refractivity contribution in [2.75, 3.05) is 32.6 Å². The Hall–Kier alpha value is -1.02. The van der Waals surface area contributed by atoms with Crippen LogP contribution in [0.25, 0.3) is 0 Å². The molecule has 1 spiro atoms. The van der Waals surface area contributed by atoms with Gasteiger partial charge in [0.15, 0.2) is 0 Å². The van der Waals surface area contributed by atoms with Crippen molar-refractivity contribution in [3.8, 4) is 0 Å². The average Bonchev–Trinajstić information content (AvgIpc) is 2.81. The molecule has 0 aliphatic carbocycles. The quantitative estimate of drug-likeness (QED) is 0.798. The minimum Gasteiger partial charge on any atom is -0.376 e. The molecule has 0 aromatic carbocycles. The molecule has 1 aromatic heterocycles. The van der Waals surface area contributed by atoms with Gasteiger partial charge in [0.25, 0.3) is 0 Å². The minimum absolute atomic E-state index is 0.261. The number of aromatic nitrogens is 1. The Morgan fingerprint density at radius 2 is 2.14 bits per heavy atom. The summed E-state index contributed by atoms with van der Waals surface area (Å²) in [5.41, 5.74) is 0.755. The van der Waals surface area contributed by atoms with E-state index in [4.69, 9.17) is 9.47 Å². The molecular weight excluding hydrogens is 292 g/mol. The summed E-state index contributed by atoms with van der Waals surface area (Å²) in [6.45, 7) is 2.73. The number of ether oxygens (including phenoxy) is 2. The Labute approximate surface area is 125 Å². The molecule has 2 aliphatic heterocycles. The summed E-state index contributed by atoms with van der Waals surface area (Å²) in [4.78, 5) is 3.97. The molecule has 0 amide bonds. The van der Waals surface area contributed by atoms with Crippen molar-refractivity contribution in [1.29, 1.82) is 0 Å². The van der Waals surface area contributed by atoms with Gasteiger partial charge in [0.2, 0.25) is 10.0 Å². The molecule has 0 N–H and O–H groups in total. The highest BCUT2D eigenvalue weighted by Gasteiger charge is 2.55. The first-order valence-corrected chi connectivity index (χ1v) is 8.90. The van der Waals surface area contributed by atoms with Gasteiger partial charge in [0.05, 0.1) is 19.5 Å². The van der Waals surface area contributed by atoms with Crippen LogP contribution in [-0.2, 0) is 26.1 Å². The second-order valence-corrected chi connectivity index (χ2v) is 7.78. The molecule has 6 nitrogen and oxygen atoms in total. The summed E-state index contributed by atoms with van der Waals surface area (Å²) in [7, 11) is -3.11. The largest absolute Gasteiger partial charge is 0.376 e. The number of pyridine rings is 1. The third-order valence-corrected chi connectivity index (χ3v) is 5.49. The smallest absolute Gasteiger partial charge is 0.211 e. The van der Waals surface area contributed by atoms with Gasteiger partial charge in [-0.1, -0.05) is 0 Å². The standard InChI is InChI=1S/C14H20N2O4S/c1-21(17,18)16-10-14(11-16)13(4-7-20-14)9-19-8-12-2-5-15-6-3-12/h2-3,5-6,13H,4,7-11H2,1H3/t13-/m1/s1. The highest BCUT2D eigenvalue weighted by atomic mass is 32.2. The fraction of sp³-hybridized carbons (Fsp3) is 0.643. The van der Waals surface area contributed by atoms with Crippen LogP contribution in [0.2, 0.25) is 0 Å². The number of nitrogens with zero attached hydrogens (tertiary/aromatic N) is 2. The summed E-state index contributed by atoms with van der Waals surface area (Å²) in [6.07, 6.45) is 5.65. The highest BCUT2D eigenvalue weighted by Crippen LogP contribution is 2.41. The maximum absolute atomic E-state index is 11.5. The van der Waals surface area contributed by atoms with Crippen molar-refractivity contribution in [2.24, 2.45) is 5.92 Å². The van der Waals surface area contributed by atoms with Gasteiger partial charge in [0, 0.05) is 38.0 Å². The van der Waals surface area contributed by atoms with E-state index in [-0.39, 0.29) is 11.5 Å². The van der Waals surface area contributed by atoms with E-state index in [1.807, 2.05) is 12.1 Å². The van der Waals surface area contributed by atoms with Gasteiger partial charge in [-0.25, -0.2) is 8.42 Å². The van der Waals surface area contributed by atoms with Crippen molar-refractivity contribution in [2.45, 2.75) is 18.6 Å². The second kappa shape index (κ2) is 5.64. The van der Waals surface area contributed by atoms with Crippen LogP contribution in [0.1, 0.15) is 12.0 Å². The molecular formula is C14H20N2O4S. The third-order valence-electron chi connectivity index (χ3n) is 4.29. The predicted molar refractivity (Wildman–Crippen MR) is 77.1 cm³/mol. The molecule has 2 aliphatic rings. The Morgan fingerprint density at radius 3 is 2.81 bits per heavy atom. The Bertz CT molecular complexity index is 584. The monoisotopic (exact) mass is 312 g/mol. The van der Waals surface area contributed by atoms with Gasteiger partial charge >= 0.3 is 0 Å². The van der Waals surface area contributed by atoms with Crippen LogP contribution >= 0.6 is 0 Å². The summed E-state index contributed by atoms with van der Waals surface area (Å²) in [5.74, 6) is 0.261. The molecule has 116 valence electrons. The van der Waals surface area contributed by atoms with Crippen LogP contribution in [0.3, 0.4) is 0 Å². The minimum atomic E-state index is -3.11. The lowest BCUT2D eigenvalue weighted by Gasteiger charge is -2.48. The van der Waals surface area contributed by atoms with Gasteiger partial charge in [0.1, 0.15) is 5.60 Å². The van der Waals surface area contributed by atoms with Crippen molar-refractivity contribution in [1.82, 2.24) is 9.29 Å². The van der Waals surface area contributed by atoms with E-state index in [1.54, 1.807) is 12.4 Å². The van der Waals surface area contributed by atoms with Crippen LogP contribution in [0.15, 0.2) is 24.5 Å². The molecule has 0 unspecified atom stereocenters. The second-order valence-electron chi connectivity index (χ2n) is 5.80. The van der Waals surface area contributed by atoms with E-state index >= 15 is 0 Å². The zero-order valence-corrected chi connectivity index (χ0v) is 12.9. The first-order chi connectivity index (χ1) is 10.00. The zero-order chi connectivity index (χ0) is 14.9. The van der Waals surface area contributed by atoms with Gasteiger partial charge in [-0.3, -0.25) is 4.98 Å². The molecule has 21 heavy (non-hydrogen) atoms. The predicted octanol–water partition coefficient (Wildman–Crippen LogP) is 0.649. The van der Waals surface area contributed by atoms with Crippen LogP contribution < -0.4 is 0 Å². The lowest BCUT2D eigenvalue weighted by molar-refractivity contribution is -0.115. The molecule has 2 saturated heterocycles. The fourth-order valence-corrected chi connectivity index (χ4v) is 3.86. The summed E-state index contributed by atoms with van der Waals surface area (Å²) < 4.78 is 36.1. The lowest BCUT2D eigenvalue weighted by Crippen LogP contribution is -2.66.